The molecule has 0 atom stereocenters. The second-order valence-electron chi connectivity index (χ2n) is 8.17. The highest BCUT2D eigenvalue weighted by Crippen LogP contribution is 2.33. The van der Waals surface area contributed by atoms with Crippen molar-refractivity contribution in [1.82, 2.24) is 9.80 Å². The minimum absolute atomic E-state index is 0.0281. The Morgan fingerprint density at radius 2 is 1.50 bits per heavy atom. The fraction of sp³-hybridized carbons (Fsp3) is 0.440. The molecule has 4 rings (SSSR count). The maximum absolute atomic E-state index is 12.9. The van der Waals surface area contributed by atoms with Crippen LogP contribution in [0.25, 0.3) is 0 Å². The van der Waals surface area contributed by atoms with E-state index in [2.05, 4.69) is 4.90 Å². The van der Waals surface area contributed by atoms with Crippen molar-refractivity contribution in [3.63, 3.8) is 0 Å². The van der Waals surface area contributed by atoms with Crippen LogP contribution in [-0.2, 0) is 4.79 Å². The van der Waals surface area contributed by atoms with Crippen LogP contribution >= 0.6 is 0 Å². The number of imide groups is 1. The number of rotatable bonds is 11. The molecular weight excluding hydrogens is 438 g/mol. The number of methoxy groups -OCH3 is 2. The predicted molar refractivity (Wildman–Crippen MR) is 127 cm³/mol. The van der Waals surface area contributed by atoms with Crippen molar-refractivity contribution in [2.45, 2.75) is 12.8 Å². The minimum atomic E-state index is -0.381. The summed E-state index contributed by atoms with van der Waals surface area (Å²) in [5, 5.41) is 0. The van der Waals surface area contributed by atoms with Crippen molar-refractivity contribution in [3.8, 4) is 23.0 Å². The third-order valence-corrected chi connectivity index (χ3v) is 6.02. The number of amides is 3. The predicted octanol–water partition coefficient (Wildman–Crippen LogP) is 3.03. The van der Waals surface area contributed by atoms with Gasteiger partial charge in [0.1, 0.15) is 31.3 Å². The van der Waals surface area contributed by atoms with Gasteiger partial charge >= 0.3 is 6.03 Å². The first-order valence-corrected chi connectivity index (χ1v) is 11.5. The quantitative estimate of drug-likeness (QED) is 0.468. The zero-order valence-corrected chi connectivity index (χ0v) is 19.7. The summed E-state index contributed by atoms with van der Waals surface area (Å²) < 4.78 is 22.2. The number of hydrogen-bond donors (Lipinski definition) is 0. The molecule has 0 unspecified atom stereocenters. The van der Waals surface area contributed by atoms with Gasteiger partial charge < -0.3 is 18.9 Å². The molecule has 0 bridgehead atoms. The molecule has 182 valence electrons. The Kier molecular flexibility index (Phi) is 7.74. The van der Waals surface area contributed by atoms with Crippen LogP contribution in [0.15, 0.2) is 42.5 Å². The molecule has 2 aliphatic rings. The Balaban J connectivity index is 1.32. The van der Waals surface area contributed by atoms with Crippen LogP contribution in [0.2, 0.25) is 0 Å². The molecule has 3 amide bonds. The summed E-state index contributed by atoms with van der Waals surface area (Å²) in [5.74, 6) is 2.25. The van der Waals surface area contributed by atoms with Crippen molar-refractivity contribution in [3.05, 3.63) is 42.5 Å². The zero-order chi connectivity index (χ0) is 23.9. The van der Waals surface area contributed by atoms with Gasteiger partial charge in [-0.05, 0) is 62.3 Å². The molecule has 34 heavy (non-hydrogen) atoms. The maximum Gasteiger partial charge on any atom is 0.331 e. The standard InChI is InChI=1S/C25H31N3O6/c1-31-20-6-8-21(9-7-20)33-16-14-27-24(29)18-28(25(27)30)19-5-10-22(23(17-19)32-2)34-15-13-26-11-3-4-12-26/h5-10,17H,3-4,11-16,18H2,1-2H3. The first kappa shape index (κ1) is 23.7. The average Bonchev–Trinajstić information content (AvgIpc) is 3.48. The molecule has 0 N–H and O–H groups in total. The molecule has 2 heterocycles. The Morgan fingerprint density at radius 1 is 0.794 bits per heavy atom. The normalized spacial score (nSPS) is 16.3. The number of nitrogens with zero attached hydrogens (tertiary/aromatic N) is 3. The number of ether oxygens (including phenoxy) is 4. The Labute approximate surface area is 199 Å². The number of carbonyl (C=O) groups is 2. The second-order valence-corrected chi connectivity index (χ2v) is 8.17. The van der Waals surface area contributed by atoms with Crippen LogP contribution in [0.3, 0.4) is 0 Å². The summed E-state index contributed by atoms with van der Waals surface area (Å²) in [6, 6.07) is 12.0. The van der Waals surface area contributed by atoms with E-state index in [-0.39, 0.29) is 31.6 Å². The molecule has 9 nitrogen and oxygen atoms in total. The Bertz CT molecular complexity index is 991. The summed E-state index contributed by atoms with van der Waals surface area (Å²) in [5.41, 5.74) is 0.584. The lowest BCUT2D eigenvalue weighted by molar-refractivity contribution is -0.125. The van der Waals surface area contributed by atoms with E-state index >= 15 is 0 Å². The van der Waals surface area contributed by atoms with Crippen LogP contribution in [0.5, 0.6) is 23.0 Å². The molecule has 9 heteroatoms. The Hall–Kier alpha value is -3.46. The molecule has 0 spiro atoms. The third kappa shape index (κ3) is 5.53. The van der Waals surface area contributed by atoms with Gasteiger partial charge in [-0.2, -0.15) is 0 Å². The van der Waals surface area contributed by atoms with E-state index in [1.807, 2.05) is 0 Å². The highest BCUT2D eigenvalue weighted by Gasteiger charge is 2.37. The van der Waals surface area contributed by atoms with Gasteiger partial charge in [0.2, 0.25) is 0 Å². The number of carbonyl (C=O) groups excluding carboxylic acids is 2. The van der Waals surface area contributed by atoms with Gasteiger partial charge in [-0.25, -0.2) is 4.79 Å². The van der Waals surface area contributed by atoms with Crippen molar-refractivity contribution < 1.29 is 28.5 Å². The zero-order valence-electron chi connectivity index (χ0n) is 19.7. The number of anilines is 1. The van der Waals surface area contributed by atoms with Gasteiger partial charge in [0.25, 0.3) is 5.91 Å². The minimum Gasteiger partial charge on any atom is -0.497 e. The number of hydrogen-bond acceptors (Lipinski definition) is 7. The SMILES string of the molecule is COc1ccc(OCCN2C(=O)CN(c3ccc(OCCN4CCCC4)c(OC)c3)C2=O)cc1. The smallest absolute Gasteiger partial charge is 0.331 e. The first-order chi connectivity index (χ1) is 16.6. The molecule has 0 saturated carbocycles. The number of benzene rings is 2. The second kappa shape index (κ2) is 11.1. The van der Waals surface area contributed by atoms with E-state index in [4.69, 9.17) is 18.9 Å². The van der Waals surface area contributed by atoms with Crippen molar-refractivity contribution in [2.75, 3.05) is 65.1 Å². The van der Waals surface area contributed by atoms with E-state index < -0.39 is 0 Å². The lowest BCUT2D eigenvalue weighted by Crippen LogP contribution is -2.36. The average molecular weight is 470 g/mol. The topological polar surface area (TPSA) is 80.8 Å². The van der Waals surface area contributed by atoms with Crippen LogP contribution in [0.1, 0.15) is 12.8 Å². The fourth-order valence-corrected chi connectivity index (χ4v) is 4.12. The molecule has 2 aromatic carbocycles. The van der Waals surface area contributed by atoms with Gasteiger partial charge in [-0.1, -0.05) is 0 Å². The van der Waals surface area contributed by atoms with Crippen LogP contribution in [0.4, 0.5) is 10.5 Å². The Morgan fingerprint density at radius 3 is 2.21 bits per heavy atom. The summed E-state index contributed by atoms with van der Waals surface area (Å²) in [6.07, 6.45) is 2.48. The van der Waals surface area contributed by atoms with E-state index in [1.54, 1.807) is 56.7 Å². The summed E-state index contributed by atoms with van der Waals surface area (Å²) in [7, 11) is 3.16. The van der Waals surface area contributed by atoms with Gasteiger partial charge in [0, 0.05) is 18.3 Å². The summed E-state index contributed by atoms with van der Waals surface area (Å²) >= 11 is 0. The maximum atomic E-state index is 12.9. The lowest BCUT2D eigenvalue weighted by Gasteiger charge is -2.20. The van der Waals surface area contributed by atoms with Crippen molar-refractivity contribution >= 4 is 17.6 Å². The van der Waals surface area contributed by atoms with Crippen LogP contribution < -0.4 is 23.8 Å². The lowest BCUT2D eigenvalue weighted by atomic mass is 10.2. The van der Waals surface area contributed by atoms with E-state index in [0.717, 1.165) is 25.4 Å². The fourth-order valence-electron chi connectivity index (χ4n) is 4.12. The molecule has 0 radical (unpaired) electrons. The van der Waals surface area contributed by atoms with E-state index in [0.29, 0.717) is 29.5 Å². The van der Waals surface area contributed by atoms with Gasteiger partial charge in [0.15, 0.2) is 11.5 Å². The van der Waals surface area contributed by atoms with Gasteiger partial charge in [-0.3, -0.25) is 19.5 Å². The molecule has 2 aliphatic heterocycles. The first-order valence-electron chi connectivity index (χ1n) is 11.5. The van der Waals surface area contributed by atoms with Crippen molar-refractivity contribution in [1.29, 1.82) is 0 Å². The third-order valence-electron chi connectivity index (χ3n) is 6.02. The molecule has 0 aromatic heterocycles. The van der Waals surface area contributed by atoms with E-state index in [1.165, 1.54) is 22.6 Å². The number of likely N-dealkylation sites (tertiary alicyclic amines) is 1. The highest BCUT2D eigenvalue weighted by molar-refractivity contribution is 6.12. The monoisotopic (exact) mass is 469 g/mol. The van der Waals surface area contributed by atoms with Gasteiger partial charge in [-0.15, -0.1) is 0 Å². The summed E-state index contributed by atoms with van der Waals surface area (Å²) in [6.45, 7) is 4.01. The number of urea groups is 1. The summed E-state index contributed by atoms with van der Waals surface area (Å²) in [4.78, 5) is 30.5. The van der Waals surface area contributed by atoms with Crippen LogP contribution in [-0.4, -0.2) is 81.9 Å². The van der Waals surface area contributed by atoms with Crippen LogP contribution in [0, 0.1) is 0 Å². The van der Waals surface area contributed by atoms with Crippen molar-refractivity contribution in [2.24, 2.45) is 0 Å². The van der Waals surface area contributed by atoms with E-state index in [9.17, 15) is 9.59 Å². The molecule has 2 fully saturated rings. The molecular formula is C25H31N3O6. The molecule has 2 aromatic rings. The highest BCUT2D eigenvalue weighted by atomic mass is 16.5. The van der Waals surface area contributed by atoms with Gasteiger partial charge in [0.05, 0.1) is 20.8 Å². The molecule has 0 aliphatic carbocycles. The largest absolute Gasteiger partial charge is 0.497 e. The molecule has 2 saturated heterocycles.